The Morgan fingerprint density at radius 2 is 2.06 bits per heavy atom. The minimum atomic E-state index is 0.0360. The van der Waals surface area contributed by atoms with Crippen LogP contribution in [-0.4, -0.2) is 17.4 Å². The third-order valence-corrected chi connectivity index (χ3v) is 4.11. The number of aromatic nitrogens is 1. The molecule has 1 aromatic rings. The van der Waals surface area contributed by atoms with Gasteiger partial charge >= 0.3 is 0 Å². The fourth-order valence-corrected chi connectivity index (χ4v) is 2.51. The molecule has 0 unspecified atom stereocenters. The number of rotatable bonds is 6. The maximum Gasteiger partial charge on any atom is 0.226 e. The summed E-state index contributed by atoms with van der Waals surface area (Å²) < 4.78 is 0. The van der Waals surface area contributed by atoms with E-state index in [0.717, 1.165) is 23.4 Å². The monoisotopic (exact) mass is 269 g/mol. The first-order valence-electron chi connectivity index (χ1n) is 6.28. The van der Waals surface area contributed by atoms with E-state index in [0.29, 0.717) is 18.1 Å². The summed E-state index contributed by atoms with van der Waals surface area (Å²) in [5, 5.41) is 3.56. The molecule has 0 saturated carbocycles. The van der Waals surface area contributed by atoms with Crippen LogP contribution < -0.4 is 11.1 Å². The van der Waals surface area contributed by atoms with Crippen LogP contribution in [0.25, 0.3) is 0 Å². The Labute approximate surface area is 113 Å². The lowest BCUT2D eigenvalue weighted by Gasteiger charge is -2.23. The Morgan fingerprint density at radius 3 is 2.56 bits per heavy atom. The third kappa shape index (κ3) is 4.74. The van der Waals surface area contributed by atoms with Crippen molar-refractivity contribution in [3.63, 3.8) is 0 Å². The number of carbonyl (C=O) groups is 1. The SMILES string of the molecule is Cc1nc(NC(=O)CCC(C)(C)CCN)sc1C. The largest absolute Gasteiger partial charge is 0.330 e. The molecule has 0 aliphatic rings. The lowest BCUT2D eigenvalue weighted by atomic mass is 9.84. The second-order valence-electron chi connectivity index (χ2n) is 5.41. The molecule has 0 atom stereocenters. The Morgan fingerprint density at radius 1 is 1.39 bits per heavy atom. The first kappa shape index (κ1) is 15.1. The van der Waals surface area contributed by atoms with Gasteiger partial charge in [-0.2, -0.15) is 0 Å². The molecule has 0 aliphatic carbocycles. The lowest BCUT2D eigenvalue weighted by Crippen LogP contribution is -2.20. The summed E-state index contributed by atoms with van der Waals surface area (Å²) in [5.74, 6) is 0.0360. The number of carbonyl (C=O) groups excluding carboxylic acids is 1. The molecule has 5 heteroatoms. The van der Waals surface area contributed by atoms with Crippen LogP contribution >= 0.6 is 11.3 Å². The fourth-order valence-electron chi connectivity index (χ4n) is 1.68. The van der Waals surface area contributed by atoms with Crippen molar-refractivity contribution < 1.29 is 4.79 Å². The van der Waals surface area contributed by atoms with Crippen LogP contribution in [0.4, 0.5) is 5.13 Å². The second-order valence-corrected chi connectivity index (χ2v) is 6.61. The van der Waals surface area contributed by atoms with Crippen molar-refractivity contribution in [1.29, 1.82) is 0 Å². The van der Waals surface area contributed by atoms with Gasteiger partial charge < -0.3 is 11.1 Å². The Hall–Kier alpha value is -0.940. The van der Waals surface area contributed by atoms with Crippen LogP contribution in [0.1, 0.15) is 43.7 Å². The van der Waals surface area contributed by atoms with Gasteiger partial charge in [-0.05, 0) is 38.6 Å². The van der Waals surface area contributed by atoms with E-state index in [1.165, 1.54) is 11.3 Å². The number of aryl methyl sites for hydroxylation is 2. The molecule has 102 valence electrons. The highest BCUT2D eigenvalue weighted by Gasteiger charge is 2.18. The molecule has 1 heterocycles. The molecule has 0 bridgehead atoms. The van der Waals surface area contributed by atoms with Crippen LogP contribution in [0, 0.1) is 19.3 Å². The van der Waals surface area contributed by atoms with Crippen molar-refractivity contribution in [3.05, 3.63) is 10.6 Å². The highest BCUT2D eigenvalue weighted by molar-refractivity contribution is 7.15. The van der Waals surface area contributed by atoms with Gasteiger partial charge in [-0.1, -0.05) is 13.8 Å². The van der Waals surface area contributed by atoms with Gasteiger partial charge in [0.25, 0.3) is 0 Å². The van der Waals surface area contributed by atoms with Crippen molar-refractivity contribution in [2.45, 2.75) is 47.0 Å². The normalized spacial score (nSPS) is 11.6. The average Bonchev–Trinajstić information content (AvgIpc) is 2.55. The van der Waals surface area contributed by atoms with Gasteiger partial charge in [0.05, 0.1) is 5.69 Å². The predicted octanol–water partition coefficient (Wildman–Crippen LogP) is 2.85. The van der Waals surface area contributed by atoms with E-state index >= 15 is 0 Å². The molecule has 0 aromatic carbocycles. The molecule has 0 saturated heterocycles. The molecular formula is C13H23N3OS. The molecule has 0 spiro atoms. The van der Waals surface area contributed by atoms with Gasteiger partial charge in [-0.3, -0.25) is 4.79 Å². The van der Waals surface area contributed by atoms with Crippen LogP contribution in [0.5, 0.6) is 0 Å². The number of amides is 1. The summed E-state index contributed by atoms with van der Waals surface area (Å²) in [5.41, 5.74) is 6.67. The minimum Gasteiger partial charge on any atom is -0.330 e. The zero-order chi connectivity index (χ0) is 13.8. The number of hydrogen-bond donors (Lipinski definition) is 2. The number of nitrogens with one attached hydrogen (secondary N) is 1. The number of hydrogen-bond acceptors (Lipinski definition) is 4. The number of nitrogens with two attached hydrogens (primary N) is 1. The average molecular weight is 269 g/mol. The van der Waals surface area contributed by atoms with E-state index < -0.39 is 0 Å². The van der Waals surface area contributed by atoms with Gasteiger partial charge in [0, 0.05) is 11.3 Å². The first-order chi connectivity index (χ1) is 8.34. The van der Waals surface area contributed by atoms with Crippen LogP contribution in [0.2, 0.25) is 0 Å². The molecule has 0 fully saturated rings. The number of thiazole rings is 1. The molecule has 1 amide bonds. The predicted molar refractivity (Wildman–Crippen MR) is 76.9 cm³/mol. The van der Waals surface area contributed by atoms with E-state index in [2.05, 4.69) is 24.1 Å². The van der Waals surface area contributed by atoms with Gasteiger partial charge in [-0.25, -0.2) is 4.98 Å². The number of anilines is 1. The summed E-state index contributed by atoms with van der Waals surface area (Å²) >= 11 is 1.52. The number of nitrogens with zero attached hydrogens (tertiary/aromatic N) is 1. The highest BCUT2D eigenvalue weighted by Crippen LogP contribution is 2.26. The molecule has 0 radical (unpaired) electrons. The van der Waals surface area contributed by atoms with E-state index in [1.54, 1.807) is 0 Å². The van der Waals surface area contributed by atoms with E-state index in [1.807, 2.05) is 13.8 Å². The van der Waals surface area contributed by atoms with Crippen molar-refractivity contribution in [2.24, 2.45) is 11.1 Å². The van der Waals surface area contributed by atoms with Crippen molar-refractivity contribution in [3.8, 4) is 0 Å². The van der Waals surface area contributed by atoms with Crippen molar-refractivity contribution in [2.75, 3.05) is 11.9 Å². The summed E-state index contributed by atoms with van der Waals surface area (Å²) in [7, 11) is 0. The van der Waals surface area contributed by atoms with Crippen LogP contribution in [-0.2, 0) is 4.79 Å². The van der Waals surface area contributed by atoms with Crippen molar-refractivity contribution >= 4 is 22.4 Å². The molecule has 1 aromatic heterocycles. The van der Waals surface area contributed by atoms with E-state index in [9.17, 15) is 4.79 Å². The molecule has 18 heavy (non-hydrogen) atoms. The van der Waals surface area contributed by atoms with E-state index in [4.69, 9.17) is 5.73 Å². The molecule has 0 aliphatic heterocycles. The Kier molecular flexibility index (Phi) is 5.28. The summed E-state index contributed by atoms with van der Waals surface area (Å²) in [4.78, 5) is 17.3. The molecule has 3 N–H and O–H groups in total. The minimum absolute atomic E-state index is 0.0360. The highest BCUT2D eigenvalue weighted by atomic mass is 32.1. The molecule has 1 rings (SSSR count). The quantitative estimate of drug-likeness (QED) is 0.834. The first-order valence-corrected chi connectivity index (χ1v) is 7.09. The lowest BCUT2D eigenvalue weighted by molar-refractivity contribution is -0.116. The zero-order valence-electron chi connectivity index (χ0n) is 11.7. The standard InChI is InChI=1S/C13H23N3OS/c1-9-10(2)18-12(15-9)16-11(17)5-6-13(3,4)7-8-14/h5-8,14H2,1-4H3,(H,15,16,17). The van der Waals surface area contributed by atoms with Crippen molar-refractivity contribution in [1.82, 2.24) is 4.98 Å². The van der Waals surface area contributed by atoms with Crippen LogP contribution in [0.3, 0.4) is 0 Å². The third-order valence-electron chi connectivity index (χ3n) is 3.12. The van der Waals surface area contributed by atoms with Gasteiger partial charge in [0.1, 0.15) is 0 Å². The second kappa shape index (κ2) is 6.29. The van der Waals surface area contributed by atoms with Gasteiger partial charge in [-0.15, -0.1) is 11.3 Å². The maximum absolute atomic E-state index is 11.8. The Balaban J connectivity index is 2.43. The smallest absolute Gasteiger partial charge is 0.226 e. The van der Waals surface area contributed by atoms with E-state index in [-0.39, 0.29) is 11.3 Å². The van der Waals surface area contributed by atoms with Crippen LogP contribution in [0.15, 0.2) is 0 Å². The molecular weight excluding hydrogens is 246 g/mol. The van der Waals surface area contributed by atoms with Gasteiger partial charge in [0.2, 0.25) is 5.91 Å². The maximum atomic E-state index is 11.8. The fraction of sp³-hybridized carbons (Fsp3) is 0.692. The summed E-state index contributed by atoms with van der Waals surface area (Å²) in [6, 6.07) is 0. The topological polar surface area (TPSA) is 68.0 Å². The molecule has 4 nitrogen and oxygen atoms in total. The summed E-state index contributed by atoms with van der Waals surface area (Å²) in [6.07, 6.45) is 2.31. The Bertz CT molecular complexity index is 393. The zero-order valence-corrected chi connectivity index (χ0v) is 12.5. The van der Waals surface area contributed by atoms with Gasteiger partial charge in [0.15, 0.2) is 5.13 Å². The summed E-state index contributed by atoms with van der Waals surface area (Å²) in [6.45, 7) is 8.91.